The first-order chi connectivity index (χ1) is 4.06. The van der Waals surface area contributed by atoms with Crippen molar-refractivity contribution in [2.24, 2.45) is 0 Å². The number of quaternary nitrogens is 1. The quantitative estimate of drug-likeness (QED) is 0.322. The Labute approximate surface area is 86.8 Å². The van der Waals surface area contributed by atoms with Crippen molar-refractivity contribution in [2.75, 3.05) is 33.6 Å². The van der Waals surface area contributed by atoms with E-state index in [1.807, 2.05) is 6.08 Å². The molecule has 0 saturated heterocycles. The molecule has 0 rings (SSSR count). The molecule has 0 spiro atoms. The summed E-state index contributed by atoms with van der Waals surface area (Å²) in [5.41, 5.74) is 0. The van der Waals surface area contributed by atoms with E-state index >= 15 is 0 Å². The van der Waals surface area contributed by atoms with E-state index in [-0.39, 0.29) is 24.8 Å². The van der Waals surface area contributed by atoms with Gasteiger partial charge in [-0.25, -0.2) is 0 Å². The van der Waals surface area contributed by atoms with Crippen LogP contribution in [0, 0.1) is 0 Å². The first-order valence-corrected chi connectivity index (χ1v) is 3.61. The molecule has 0 heterocycles. The highest BCUT2D eigenvalue weighted by Crippen LogP contribution is 1.89. The van der Waals surface area contributed by atoms with Gasteiger partial charge in [-0.3, -0.25) is 0 Å². The summed E-state index contributed by atoms with van der Waals surface area (Å²) in [5.74, 6) is 0.625. The van der Waals surface area contributed by atoms with E-state index in [0.29, 0.717) is 5.88 Å². The molecule has 0 N–H and O–H groups in total. The molecule has 0 aliphatic rings. The number of halogens is 3. The van der Waals surface area contributed by atoms with Gasteiger partial charge in [-0.1, -0.05) is 6.08 Å². The topological polar surface area (TPSA) is 0 Å². The fourth-order valence-corrected chi connectivity index (χ4v) is 0.580. The lowest BCUT2D eigenvalue weighted by molar-refractivity contribution is -0.864. The maximum atomic E-state index is 5.44. The van der Waals surface area contributed by atoms with Gasteiger partial charge in [0.05, 0.1) is 27.7 Å². The van der Waals surface area contributed by atoms with E-state index in [9.17, 15) is 0 Å². The predicted molar refractivity (Wildman–Crippen MR) is 50.0 cm³/mol. The highest BCUT2D eigenvalue weighted by Gasteiger charge is 2.00. The third-order valence-electron chi connectivity index (χ3n) is 0.909. The Morgan fingerprint density at radius 1 is 1.18 bits per heavy atom. The van der Waals surface area contributed by atoms with Gasteiger partial charge >= 0.3 is 0 Å². The molecule has 0 aromatic heterocycles. The van der Waals surface area contributed by atoms with Crippen molar-refractivity contribution in [1.29, 1.82) is 0 Å². The molecule has 0 aliphatic carbocycles. The summed E-state index contributed by atoms with van der Waals surface area (Å²) in [6.45, 7) is 1.05. The third-order valence-corrected chi connectivity index (χ3v) is 1.09. The lowest BCUT2D eigenvalue weighted by Crippen LogP contribution is -3.00. The Bertz CT molecular complexity index is 96.3. The molecular formula is C7H16Cl3N. The summed E-state index contributed by atoms with van der Waals surface area (Å²) in [7, 11) is 6.45. The summed E-state index contributed by atoms with van der Waals surface area (Å²) in [6, 6.07) is 0. The highest BCUT2D eigenvalue weighted by molar-refractivity contribution is 6.18. The fraction of sp³-hybridized carbons (Fsp3) is 0.714. The molecule has 0 aromatic rings. The van der Waals surface area contributed by atoms with Crippen LogP contribution in [0.15, 0.2) is 12.2 Å². The van der Waals surface area contributed by atoms with Crippen LogP contribution >= 0.6 is 24.0 Å². The van der Waals surface area contributed by atoms with E-state index in [1.54, 1.807) is 0 Å². The Balaban J connectivity index is -0.000000320. The van der Waals surface area contributed by atoms with Gasteiger partial charge < -0.3 is 16.9 Å². The van der Waals surface area contributed by atoms with Crippen LogP contribution in [-0.4, -0.2) is 38.1 Å². The van der Waals surface area contributed by atoms with Gasteiger partial charge in [0.2, 0.25) is 0 Å². The van der Waals surface area contributed by atoms with Crippen molar-refractivity contribution < 1.29 is 16.9 Å². The molecule has 0 amide bonds. The second-order valence-corrected chi connectivity index (χ2v) is 3.41. The largest absolute Gasteiger partial charge is 1.00 e. The molecule has 0 saturated carbocycles. The number of hydrogen-bond donors (Lipinski definition) is 0. The summed E-state index contributed by atoms with van der Waals surface area (Å²) < 4.78 is 0.966. The van der Waals surface area contributed by atoms with Crippen LogP contribution in [-0.2, 0) is 0 Å². The van der Waals surface area contributed by atoms with E-state index < -0.39 is 0 Å². The van der Waals surface area contributed by atoms with Crippen LogP contribution < -0.4 is 12.4 Å². The number of likely N-dealkylation sites (N-methyl/N-ethyl adjacent to an activating group) is 1. The number of rotatable bonds is 3. The molecule has 0 aromatic carbocycles. The summed E-state index contributed by atoms with van der Waals surface area (Å²) >= 11 is 5.44. The zero-order valence-electron chi connectivity index (χ0n) is 7.18. The first-order valence-electron chi connectivity index (χ1n) is 3.07. The van der Waals surface area contributed by atoms with Gasteiger partial charge in [-0.2, -0.15) is 0 Å². The van der Waals surface area contributed by atoms with Gasteiger partial charge in [0.25, 0.3) is 0 Å². The molecule has 0 atom stereocenters. The van der Waals surface area contributed by atoms with Gasteiger partial charge in [0.15, 0.2) is 0 Å². The minimum atomic E-state index is 0. The molecule has 4 heteroatoms. The van der Waals surface area contributed by atoms with Gasteiger partial charge in [-0.05, 0) is 6.08 Å². The maximum Gasteiger partial charge on any atom is 0.0967 e. The number of alkyl halides is 1. The summed E-state index contributed by atoms with van der Waals surface area (Å²) in [6.07, 6.45) is 4.08. The van der Waals surface area contributed by atoms with Crippen LogP contribution in [0.1, 0.15) is 0 Å². The molecule has 0 bridgehead atoms. The molecule has 0 unspecified atom stereocenters. The average Bonchev–Trinajstić information content (AvgIpc) is 1.63. The smallest absolute Gasteiger partial charge is 0.0967 e. The Kier molecular flexibility index (Phi) is 13.9. The van der Waals surface area contributed by atoms with E-state index in [0.717, 1.165) is 11.0 Å². The van der Waals surface area contributed by atoms with Crippen molar-refractivity contribution in [1.82, 2.24) is 0 Å². The van der Waals surface area contributed by atoms with Crippen LogP contribution in [0.25, 0.3) is 0 Å². The lowest BCUT2D eigenvalue weighted by atomic mass is 10.4. The highest BCUT2D eigenvalue weighted by atomic mass is 35.5. The molecule has 0 radical (unpaired) electrons. The third kappa shape index (κ3) is 18.0. The monoisotopic (exact) mass is 219 g/mol. The zero-order chi connectivity index (χ0) is 7.33. The Morgan fingerprint density at radius 2 is 1.64 bits per heavy atom. The Morgan fingerprint density at radius 3 is 1.91 bits per heavy atom. The fourth-order valence-electron chi connectivity index (χ4n) is 0.454. The first kappa shape index (κ1) is 17.6. The van der Waals surface area contributed by atoms with Gasteiger partial charge in [-0.15, -0.1) is 24.0 Å². The zero-order valence-corrected chi connectivity index (χ0v) is 9.51. The number of hydrogen-bond acceptors (Lipinski definition) is 0. The van der Waals surface area contributed by atoms with Crippen LogP contribution in [0.2, 0.25) is 0 Å². The van der Waals surface area contributed by atoms with Crippen molar-refractivity contribution >= 4 is 24.0 Å². The van der Waals surface area contributed by atoms with Crippen molar-refractivity contribution in [3.05, 3.63) is 12.2 Å². The van der Waals surface area contributed by atoms with E-state index in [4.69, 9.17) is 11.6 Å². The summed E-state index contributed by atoms with van der Waals surface area (Å²) in [4.78, 5) is 0. The molecule has 11 heavy (non-hydrogen) atoms. The summed E-state index contributed by atoms with van der Waals surface area (Å²) in [5, 5.41) is 0. The van der Waals surface area contributed by atoms with Crippen molar-refractivity contribution in [2.45, 2.75) is 0 Å². The van der Waals surface area contributed by atoms with Crippen molar-refractivity contribution in [3.63, 3.8) is 0 Å². The predicted octanol–water partition coefficient (Wildman–Crippen LogP) is -1.09. The molecule has 0 aliphatic heterocycles. The second-order valence-electron chi connectivity index (χ2n) is 3.10. The van der Waals surface area contributed by atoms with Crippen LogP contribution in [0.4, 0.5) is 0 Å². The SMILES string of the molecule is C[N+](C)(C)CC=CCCl.Cl.[Cl-]. The second kappa shape index (κ2) is 8.66. The lowest BCUT2D eigenvalue weighted by Gasteiger charge is -2.21. The molecule has 0 fully saturated rings. The van der Waals surface area contributed by atoms with Crippen LogP contribution in [0.5, 0.6) is 0 Å². The van der Waals surface area contributed by atoms with E-state index in [1.165, 1.54) is 0 Å². The van der Waals surface area contributed by atoms with E-state index in [2.05, 4.69) is 27.2 Å². The Hall–Kier alpha value is 0.570. The van der Waals surface area contributed by atoms with Crippen LogP contribution in [0.3, 0.4) is 0 Å². The molecule has 1 nitrogen and oxygen atoms in total. The minimum absolute atomic E-state index is 0. The van der Waals surface area contributed by atoms with Crippen molar-refractivity contribution in [3.8, 4) is 0 Å². The van der Waals surface area contributed by atoms with Gasteiger partial charge in [0.1, 0.15) is 0 Å². The molecular weight excluding hydrogens is 204 g/mol. The maximum absolute atomic E-state index is 5.44. The number of nitrogens with zero attached hydrogens (tertiary/aromatic N) is 1. The molecule has 70 valence electrons. The normalized spacial score (nSPS) is 10.5. The standard InChI is InChI=1S/C7H15ClN.2ClH/c1-9(2,3)7-5-4-6-8;;/h4-5H,6-7H2,1-3H3;2*1H/q+1;;/p-1. The number of allylic oxidation sites excluding steroid dienone is 1. The minimum Gasteiger partial charge on any atom is -1.00 e. The van der Waals surface area contributed by atoms with Gasteiger partial charge in [0, 0.05) is 5.88 Å². The average molecular weight is 221 g/mol.